The van der Waals surface area contributed by atoms with E-state index in [0.717, 1.165) is 27.1 Å². The molecule has 3 heterocycles. The van der Waals surface area contributed by atoms with E-state index < -0.39 is 0 Å². The third kappa shape index (κ3) is 1.88. The summed E-state index contributed by atoms with van der Waals surface area (Å²) in [5.74, 6) is 0.703. The minimum atomic E-state index is 0.703. The van der Waals surface area contributed by atoms with Crippen molar-refractivity contribution in [3.8, 4) is 11.3 Å². The Hall–Kier alpha value is -1.33. The van der Waals surface area contributed by atoms with Crippen molar-refractivity contribution in [3.05, 3.63) is 38.1 Å². The first-order valence-corrected chi connectivity index (χ1v) is 7.60. The van der Waals surface area contributed by atoms with Crippen molar-refractivity contribution in [2.45, 2.75) is 20.8 Å². The monoisotopic (exact) mass is 335 g/mol. The predicted molar refractivity (Wildman–Crippen MR) is 84.8 cm³/mol. The number of halogens is 1. The van der Waals surface area contributed by atoms with E-state index in [2.05, 4.69) is 40.8 Å². The molecule has 2 N–H and O–H groups in total. The second-order valence-electron chi connectivity index (χ2n) is 4.63. The van der Waals surface area contributed by atoms with Crippen LogP contribution in [0.25, 0.3) is 16.9 Å². The third-order valence-corrected chi connectivity index (χ3v) is 5.10. The van der Waals surface area contributed by atoms with Crippen LogP contribution in [0.5, 0.6) is 0 Å². The molecule has 0 saturated carbocycles. The van der Waals surface area contributed by atoms with E-state index in [4.69, 9.17) is 5.73 Å². The van der Waals surface area contributed by atoms with E-state index in [1.54, 1.807) is 11.3 Å². The van der Waals surface area contributed by atoms with Gasteiger partial charge in [0.2, 0.25) is 0 Å². The topological polar surface area (TPSA) is 43.3 Å². The number of pyridine rings is 1. The van der Waals surface area contributed by atoms with E-state index >= 15 is 0 Å². The Bertz CT molecular complexity index is 786. The fraction of sp³-hybridized carbons (Fsp3) is 0.214. The Kier molecular flexibility index (Phi) is 2.91. The van der Waals surface area contributed by atoms with Crippen molar-refractivity contribution in [3.63, 3.8) is 0 Å². The summed E-state index contributed by atoms with van der Waals surface area (Å²) in [4.78, 5) is 7.22. The van der Waals surface area contributed by atoms with Gasteiger partial charge in [-0.15, -0.1) is 11.3 Å². The molecule has 0 aliphatic heterocycles. The number of nitrogens with two attached hydrogens (primary N) is 1. The van der Waals surface area contributed by atoms with Crippen LogP contribution < -0.4 is 5.73 Å². The lowest BCUT2D eigenvalue weighted by Crippen LogP contribution is -1.98. The van der Waals surface area contributed by atoms with Crippen LogP contribution in [-0.2, 0) is 0 Å². The van der Waals surface area contributed by atoms with Gasteiger partial charge in [0.25, 0.3) is 0 Å². The molecular weight excluding hydrogens is 322 g/mol. The minimum Gasteiger partial charge on any atom is -0.383 e. The summed E-state index contributed by atoms with van der Waals surface area (Å²) in [6, 6.07) is 6.14. The third-order valence-electron chi connectivity index (χ3n) is 3.29. The van der Waals surface area contributed by atoms with Crippen LogP contribution >= 0.6 is 27.3 Å². The number of hydrogen-bond acceptors (Lipinski definition) is 3. The first kappa shape index (κ1) is 12.7. The molecule has 0 radical (unpaired) electrons. The number of nitrogens with zero attached hydrogens (tertiary/aromatic N) is 2. The summed E-state index contributed by atoms with van der Waals surface area (Å²) in [6.45, 7) is 6.25. The molecule has 0 amide bonds. The molecule has 5 heteroatoms. The maximum absolute atomic E-state index is 6.30. The number of rotatable bonds is 1. The summed E-state index contributed by atoms with van der Waals surface area (Å²) in [5.41, 5.74) is 10.3. The van der Waals surface area contributed by atoms with Crippen molar-refractivity contribution in [2.75, 3.05) is 5.73 Å². The maximum Gasteiger partial charge on any atom is 0.139 e. The van der Waals surface area contributed by atoms with Crippen molar-refractivity contribution < 1.29 is 0 Å². The molecule has 3 nitrogen and oxygen atoms in total. The second kappa shape index (κ2) is 4.35. The van der Waals surface area contributed by atoms with Crippen LogP contribution in [0.2, 0.25) is 0 Å². The molecule has 0 saturated heterocycles. The smallest absolute Gasteiger partial charge is 0.139 e. The van der Waals surface area contributed by atoms with Crippen LogP contribution in [0.3, 0.4) is 0 Å². The van der Waals surface area contributed by atoms with Crippen LogP contribution in [0, 0.1) is 20.8 Å². The van der Waals surface area contributed by atoms with Gasteiger partial charge in [0, 0.05) is 25.5 Å². The van der Waals surface area contributed by atoms with Crippen LogP contribution in [0.4, 0.5) is 5.82 Å². The molecule has 3 aromatic heterocycles. The quantitative estimate of drug-likeness (QED) is 0.719. The Morgan fingerprint density at radius 2 is 2.00 bits per heavy atom. The molecule has 98 valence electrons. The number of hydrogen-bond donors (Lipinski definition) is 1. The van der Waals surface area contributed by atoms with Gasteiger partial charge in [-0.25, -0.2) is 4.98 Å². The predicted octanol–water partition coefficient (Wildman–Crippen LogP) is 4.33. The number of fused-ring (bicyclic) bond motifs is 1. The van der Waals surface area contributed by atoms with Crippen molar-refractivity contribution in [1.82, 2.24) is 9.38 Å². The van der Waals surface area contributed by atoms with Gasteiger partial charge in [-0.2, -0.15) is 0 Å². The number of thiophene rings is 1. The van der Waals surface area contributed by atoms with Gasteiger partial charge in [-0.05, 0) is 54.9 Å². The first-order valence-electron chi connectivity index (χ1n) is 5.99. The number of aryl methyl sites for hydroxylation is 3. The highest BCUT2D eigenvalue weighted by atomic mass is 79.9. The highest BCUT2D eigenvalue weighted by Gasteiger charge is 2.16. The van der Waals surface area contributed by atoms with E-state index in [1.807, 2.05) is 23.5 Å². The lowest BCUT2D eigenvalue weighted by molar-refractivity contribution is 1.09. The van der Waals surface area contributed by atoms with Crippen LogP contribution in [0.1, 0.15) is 15.4 Å². The van der Waals surface area contributed by atoms with Crippen LogP contribution in [0.15, 0.2) is 22.7 Å². The number of imidazole rings is 1. The van der Waals surface area contributed by atoms with Crippen molar-refractivity contribution in [1.29, 1.82) is 0 Å². The summed E-state index contributed by atoms with van der Waals surface area (Å²) in [6.07, 6.45) is 0. The molecular formula is C14H14BrN3S. The van der Waals surface area contributed by atoms with Gasteiger partial charge in [-0.1, -0.05) is 0 Å². The number of nitrogen functional groups attached to an aromatic ring is 1. The Morgan fingerprint density at radius 1 is 1.26 bits per heavy atom. The van der Waals surface area contributed by atoms with E-state index in [0.29, 0.717) is 5.82 Å². The highest BCUT2D eigenvalue weighted by molar-refractivity contribution is 9.10. The molecule has 0 atom stereocenters. The molecule has 0 fully saturated rings. The minimum absolute atomic E-state index is 0.703. The van der Waals surface area contributed by atoms with Crippen LogP contribution in [-0.4, -0.2) is 9.38 Å². The van der Waals surface area contributed by atoms with E-state index in [-0.39, 0.29) is 0 Å². The van der Waals surface area contributed by atoms with Gasteiger partial charge >= 0.3 is 0 Å². The lowest BCUT2D eigenvalue weighted by Gasteiger charge is -2.04. The summed E-state index contributed by atoms with van der Waals surface area (Å²) in [7, 11) is 0. The van der Waals surface area contributed by atoms with Gasteiger partial charge in [-0.3, -0.25) is 4.40 Å². The van der Waals surface area contributed by atoms with Crippen molar-refractivity contribution in [2.24, 2.45) is 0 Å². The molecule has 0 aromatic carbocycles. The summed E-state index contributed by atoms with van der Waals surface area (Å²) < 4.78 is 3.03. The average molecular weight is 336 g/mol. The van der Waals surface area contributed by atoms with Gasteiger partial charge < -0.3 is 5.73 Å². The highest BCUT2D eigenvalue weighted by Crippen LogP contribution is 2.35. The number of anilines is 1. The molecule has 0 spiro atoms. The summed E-state index contributed by atoms with van der Waals surface area (Å²) in [5, 5.41) is 0. The number of aromatic nitrogens is 2. The average Bonchev–Trinajstić information content (AvgIpc) is 2.85. The molecule has 3 aromatic rings. The zero-order valence-corrected chi connectivity index (χ0v) is 13.4. The SMILES string of the molecule is Cc1cc(-c2nc3ccc(Br)c(C)n3c2N)c(C)s1. The van der Waals surface area contributed by atoms with Gasteiger partial charge in [0.1, 0.15) is 17.2 Å². The Labute approximate surface area is 124 Å². The largest absolute Gasteiger partial charge is 0.383 e. The second-order valence-corrected chi connectivity index (χ2v) is 6.95. The fourth-order valence-corrected chi connectivity index (χ4v) is 3.59. The Balaban J connectivity index is 2.35. The zero-order valence-electron chi connectivity index (χ0n) is 11.0. The van der Waals surface area contributed by atoms with Crippen molar-refractivity contribution >= 4 is 38.7 Å². The molecule has 0 aliphatic carbocycles. The normalized spacial score (nSPS) is 11.4. The van der Waals surface area contributed by atoms with E-state index in [9.17, 15) is 0 Å². The molecule has 0 aliphatic rings. The molecule has 0 bridgehead atoms. The summed E-state index contributed by atoms with van der Waals surface area (Å²) >= 11 is 5.31. The fourth-order valence-electron chi connectivity index (χ4n) is 2.35. The standard InChI is InChI=1S/C14H14BrN3S/c1-7-6-10(9(3)19-7)13-14(16)18-8(2)11(15)4-5-12(18)17-13/h4-6H,16H2,1-3H3. The molecule has 3 rings (SSSR count). The zero-order chi connectivity index (χ0) is 13.7. The van der Waals surface area contributed by atoms with Gasteiger partial charge in [0.15, 0.2) is 0 Å². The maximum atomic E-state index is 6.30. The first-order chi connectivity index (χ1) is 8.99. The lowest BCUT2D eigenvalue weighted by atomic mass is 10.2. The Morgan fingerprint density at radius 3 is 2.63 bits per heavy atom. The van der Waals surface area contributed by atoms with Gasteiger partial charge in [0.05, 0.1) is 0 Å². The molecule has 19 heavy (non-hydrogen) atoms. The van der Waals surface area contributed by atoms with E-state index in [1.165, 1.54) is 9.75 Å². The molecule has 0 unspecified atom stereocenters.